The van der Waals surface area contributed by atoms with Crippen molar-refractivity contribution in [1.29, 1.82) is 0 Å². The van der Waals surface area contributed by atoms with Gasteiger partial charge in [-0.3, -0.25) is 4.99 Å². The summed E-state index contributed by atoms with van der Waals surface area (Å²) in [5, 5.41) is 8.98. The van der Waals surface area contributed by atoms with E-state index in [0.29, 0.717) is 12.4 Å². The average Bonchev–Trinajstić information content (AvgIpc) is 2.72. The monoisotopic (exact) mass is 437 g/mol. The highest BCUT2D eigenvalue weighted by molar-refractivity contribution is 9.10. The van der Waals surface area contributed by atoms with E-state index in [4.69, 9.17) is 9.84 Å². The van der Waals surface area contributed by atoms with Gasteiger partial charge in [0.05, 0.1) is 11.3 Å². The van der Waals surface area contributed by atoms with Gasteiger partial charge < -0.3 is 9.84 Å². The second-order valence-electron chi connectivity index (χ2n) is 6.25. The molecule has 0 saturated carbocycles. The summed E-state index contributed by atoms with van der Waals surface area (Å²) in [5.41, 5.74) is 4.17. The van der Waals surface area contributed by atoms with Gasteiger partial charge >= 0.3 is 5.97 Å². The Morgan fingerprint density at radius 2 is 1.71 bits per heavy atom. The molecule has 0 atom stereocenters. The quantitative estimate of drug-likeness (QED) is 0.458. The van der Waals surface area contributed by atoms with Crippen LogP contribution in [0.1, 0.15) is 34.0 Å². The molecule has 0 spiro atoms. The lowest BCUT2D eigenvalue weighted by atomic mass is 10.1. The summed E-state index contributed by atoms with van der Waals surface area (Å²) in [7, 11) is 0. The largest absolute Gasteiger partial charge is 0.488 e. The van der Waals surface area contributed by atoms with Gasteiger partial charge in [0.15, 0.2) is 0 Å². The number of halogens is 1. The normalized spacial score (nSPS) is 10.9. The Bertz CT molecular complexity index is 980. The lowest BCUT2D eigenvalue weighted by molar-refractivity contribution is 0.0697. The summed E-state index contributed by atoms with van der Waals surface area (Å²) < 4.78 is 6.88. The molecule has 0 heterocycles. The summed E-state index contributed by atoms with van der Waals surface area (Å²) in [6.07, 6.45) is 2.79. The van der Waals surface area contributed by atoms with Gasteiger partial charge in [-0.15, -0.1) is 0 Å². The molecule has 0 aromatic heterocycles. The molecule has 0 fully saturated rings. The third-order valence-electron chi connectivity index (χ3n) is 4.26. The van der Waals surface area contributed by atoms with Gasteiger partial charge in [-0.25, -0.2) is 4.79 Å². The standard InChI is InChI=1S/C23H20BrNO3/c1-2-16-5-10-21(11-6-16)25-14-19-13-20(24)9-12-22(19)28-15-17-3-7-18(8-4-17)23(26)27/h3-14H,2,15H2,1H3,(H,26,27). The van der Waals surface area contributed by atoms with Crippen molar-refractivity contribution in [2.24, 2.45) is 4.99 Å². The molecule has 28 heavy (non-hydrogen) atoms. The van der Waals surface area contributed by atoms with E-state index in [0.717, 1.165) is 27.7 Å². The number of aliphatic imine (C=N–C) groups is 1. The van der Waals surface area contributed by atoms with Gasteiger partial charge in [0.25, 0.3) is 0 Å². The summed E-state index contributed by atoms with van der Waals surface area (Å²) in [6, 6.07) is 20.6. The molecular weight excluding hydrogens is 418 g/mol. The van der Waals surface area contributed by atoms with Crippen LogP contribution in [0.2, 0.25) is 0 Å². The third kappa shape index (κ3) is 5.30. The first-order chi connectivity index (χ1) is 13.5. The minimum absolute atomic E-state index is 0.259. The number of hydrogen-bond acceptors (Lipinski definition) is 3. The van der Waals surface area contributed by atoms with E-state index < -0.39 is 5.97 Å². The zero-order valence-corrected chi connectivity index (χ0v) is 17.0. The van der Waals surface area contributed by atoms with E-state index >= 15 is 0 Å². The molecule has 142 valence electrons. The number of nitrogens with zero attached hydrogens (tertiary/aromatic N) is 1. The zero-order valence-electron chi connectivity index (χ0n) is 15.4. The van der Waals surface area contributed by atoms with Crippen LogP contribution in [0.25, 0.3) is 0 Å². The molecular formula is C23H20BrNO3. The topological polar surface area (TPSA) is 58.9 Å². The van der Waals surface area contributed by atoms with Gasteiger partial charge in [-0.05, 0) is 60.0 Å². The number of carboxylic acids is 1. The molecule has 0 amide bonds. The molecule has 0 unspecified atom stereocenters. The van der Waals surface area contributed by atoms with Gasteiger partial charge in [-0.2, -0.15) is 0 Å². The van der Waals surface area contributed by atoms with Gasteiger partial charge in [0.2, 0.25) is 0 Å². The van der Waals surface area contributed by atoms with Crippen molar-refractivity contribution >= 4 is 33.8 Å². The molecule has 0 aliphatic heterocycles. The van der Waals surface area contributed by atoms with Crippen molar-refractivity contribution in [3.63, 3.8) is 0 Å². The minimum Gasteiger partial charge on any atom is -0.488 e. The highest BCUT2D eigenvalue weighted by Gasteiger charge is 2.05. The van der Waals surface area contributed by atoms with Crippen molar-refractivity contribution in [3.05, 3.63) is 93.5 Å². The molecule has 4 nitrogen and oxygen atoms in total. The molecule has 3 aromatic carbocycles. The summed E-state index contributed by atoms with van der Waals surface area (Å²) in [4.78, 5) is 15.5. The number of benzene rings is 3. The van der Waals surface area contributed by atoms with Gasteiger partial charge in [0.1, 0.15) is 12.4 Å². The first kappa shape index (κ1) is 19.8. The first-order valence-corrected chi connectivity index (χ1v) is 9.72. The summed E-state index contributed by atoms with van der Waals surface area (Å²) >= 11 is 3.49. The van der Waals surface area contributed by atoms with Crippen LogP contribution < -0.4 is 4.74 Å². The van der Waals surface area contributed by atoms with Crippen LogP contribution in [-0.4, -0.2) is 17.3 Å². The number of aryl methyl sites for hydroxylation is 1. The molecule has 5 heteroatoms. The van der Waals surface area contributed by atoms with Crippen molar-refractivity contribution in [1.82, 2.24) is 0 Å². The number of ether oxygens (including phenoxy) is 1. The van der Waals surface area contributed by atoms with Crippen LogP contribution in [0.4, 0.5) is 5.69 Å². The van der Waals surface area contributed by atoms with E-state index in [1.165, 1.54) is 5.56 Å². The Hall–Kier alpha value is -2.92. The number of rotatable bonds is 7. The van der Waals surface area contributed by atoms with Crippen LogP contribution in [-0.2, 0) is 13.0 Å². The van der Waals surface area contributed by atoms with Crippen LogP contribution >= 0.6 is 15.9 Å². The van der Waals surface area contributed by atoms with Crippen molar-refractivity contribution < 1.29 is 14.6 Å². The number of carbonyl (C=O) groups is 1. The van der Waals surface area contributed by atoms with Crippen LogP contribution in [0.5, 0.6) is 5.75 Å². The maximum atomic E-state index is 10.9. The number of aromatic carboxylic acids is 1. The Kier molecular flexibility index (Phi) is 6.61. The fourth-order valence-corrected chi connectivity index (χ4v) is 3.00. The first-order valence-electron chi connectivity index (χ1n) is 8.92. The van der Waals surface area contributed by atoms with Gasteiger partial charge in [0, 0.05) is 16.3 Å². The predicted molar refractivity (Wildman–Crippen MR) is 115 cm³/mol. The summed E-state index contributed by atoms with van der Waals surface area (Å²) in [5.74, 6) is -0.231. The molecule has 1 N–H and O–H groups in total. The lowest BCUT2D eigenvalue weighted by Gasteiger charge is -2.10. The smallest absolute Gasteiger partial charge is 0.335 e. The maximum Gasteiger partial charge on any atom is 0.335 e. The molecule has 3 aromatic rings. The zero-order chi connectivity index (χ0) is 19.9. The molecule has 3 rings (SSSR count). The molecule has 0 bridgehead atoms. The van der Waals surface area contributed by atoms with E-state index in [9.17, 15) is 4.79 Å². The fourth-order valence-electron chi connectivity index (χ4n) is 2.62. The van der Waals surface area contributed by atoms with Crippen molar-refractivity contribution in [2.45, 2.75) is 20.0 Å². The molecule has 0 aliphatic rings. The van der Waals surface area contributed by atoms with Crippen molar-refractivity contribution in [3.8, 4) is 5.75 Å². The maximum absolute atomic E-state index is 10.9. The Morgan fingerprint density at radius 1 is 1.04 bits per heavy atom. The Labute approximate surface area is 172 Å². The highest BCUT2D eigenvalue weighted by Crippen LogP contribution is 2.24. The predicted octanol–water partition coefficient (Wildman–Crippen LogP) is 6.04. The number of carboxylic acid groups (broad SMARTS) is 1. The van der Waals surface area contributed by atoms with Crippen LogP contribution in [0.3, 0.4) is 0 Å². The highest BCUT2D eigenvalue weighted by atomic mass is 79.9. The fraction of sp³-hybridized carbons (Fsp3) is 0.130. The van der Waals surface area contributed by atoms with Crippen LogP contribution in [0.15, 0.2) is 76.2 Å². The molecule has 0 aliphatic carbocycles. The third-order valence-corrected chi connectivity index (χ3v) is 4.76. The summed E-state index contributed by atoms with van der Waals surface area (Å²) in [6.45, 7) is 2.46. The number of hydrogen-bond donors (Lipinski definition) is 1. The lowest BCUT2D eigenvalue weighted by Crippen LogP contribution is -2.00. The minimum atomic E-state index is -0.939. The van der Waals surface area contributed by atoms with Crippen molar-refractivity contribution in [2.75, 3.05) is 0 Å². The second kappa shape index (κ2) is 9.33. The van der Waals surface area contributed by atoms with E-state index in [2.05, 4.69) is 40.0 Å². The molecule has 0 saturated heterocycles. The molecule has 0 radical (unpaired) electrons. The van der Waals surface area contributed by atoms with E-state index in [-0.39, 0.29) is 5.56 Å². The SMILES string of the molecule is CCc1ccc(N=Cc2cc(Br)ccc2OCc2ccc(C(=O)O)cc2)cc1. The average molecular weight is 438 g/mol. The Balaban J connectivity index is 1.74. The van der Waals surface area contributed by atoms with E-state index in [1.54, 1.807) is 30.5 Å². The van der Waals surface area contributed by atoms with Gasteiger partial charge in [-0.1, -0.05) is 47.1 Å². The Morgan fingerprint density at radius 3 is 2.36 bits per heavy atom. The van der Waals surface area contributed by atoms with E-state index in [1.807, 2.05) is 30.3 Å². The van der Waals surface area contributed by atoms with Crippen LogP contribution in [0, 0.1) is 0 Å². The second-order valence-corrected chi connectivity index (χ2v) is 7.17.